The quantitative estimate of drug-likeness (QED) is 0.129. The van der Waals surface area contributed by atoms with Crippen LogP contribution in [0.1, 0.15) is 56.6 Å². The Kier molecular flexibility index (Phi) is 8.39. The number of hydrogen-bond acceptors (Lipinski definition) is 6. The van der Waals surface area contributed by atoms with E-state index in [4.69, 9.17) is 21.1 Å². The van der Waals surface area contributed by atoms with Gasteiger partial charge in [0.05, 0.1) is 11.5 Å². The number of aliphatic imine (C=N–C) groups is 1. The Morgan fingerprint density at radius 2 is 1.81 bits per heavy atom. The normalized spacial score (nSPS) is 14.4. The van der Waals surface area contributed by atoms with Gasteiger partial charge in [0.15, 0.2) is 5.70 Å². The van der Waals surface area contributed by atoms with Crippen LogP contribution < -0.4 is 4.74 Å². The van der Waals surface area contributed by atoms with Crippen LogP contribution in [0.25, 0.3) is 6.08 Å². The number of hydrogen-bond donors (Lipinski definition) is 0. The molecular weight excluding hydrogens is 432 g/mol. The van der Waals surface area contributed by atoms with E-state index < -0.39 is 10.9 Å². The summed E-state index contributed by atoms with van der Waals surface area (Å²) in [6.07, 6.45) is 8.85. The number of ether oxygens (including phenoxy) is 2. The first-order valence-corrected chi connectivity index (χ1v) is 11.1. The molecule has 0 N–H and O–H groups in total. The average molecular weight is 457 g/mol. The SMILES string of the molecule is CCCCCCCCOc1ccc(C=C2N=C(c3ccc(Cl)c([N+](=O)[O-])c3)OC2=O)cc1. The number of halogens is 1. The summed E-state index contributed by atoms with van der Waals surface area (Å²) in [4.78, 5) is 26.9. The van der Waals surface area contributed by atoms with Crippen molar-refractivity contribution in [2.45, 2.75) is 45.4 Å². The minimum Gasteiger partial charge on any atom is -0.494 e. The summed E-state index contributed by atoms with van der Waals surface area (Å²) in [6.45, 7) is 2.89. The predicted octanol–water partition coefficient (Wildman–Crippen LogP) is 6.33. The lowest BCUT2D eigenvalue weighted by molar-refractivity contribution is -0.384. The topological polar surface area (TPSA) is 91.0 Å². The lowest BCUT2D eigenvalue weighted by atomic mass is 10.1. The van der Waals surface area contributed by atoms with Gasteiger partial charge in [-0.05, 0) is 42.3 Å². The van der Waals surface area contributed by atoms with E-state index in [1.54, 1.807) is 6.08 Å². The van der Waals surface area contributed by atoms with Gasteiger partial charge in [-0.15, -0.1) is 0 Å². The second-order valence-electron chi connectivity index (χ2n) is 7.44. The summed E-state index contributed by atoms with van der Waals surface area (Å²) in [6, 6.07) is 11.5. The number of esters is 1. The van der Waals surface area contributed by atoms with E-state index in [1.165, 1.54) is 50.3 Å². The molecule has 0 fully saturated rings. The maximum Gasteiger partial charge on any atom is 0.363 e. The first-order valence-electron chi connectivity index (χ1n) is 10.7. The average Bonchev–Trinajstić information content (AvgIpc) is 3.14. The second kappa shape index (κ2) is 11.4. The molecule has 0 spiro atoms. The van der Waals surface area contributed by atoms with Gasteiger partial charge in [-0.1, -0.05) is 62.8 Å². The number of nitro benzene ring substituents is 1. The van der Waals surface area contributed by atoms with E-state index in [9.17, 15) is 14.9 Å². The summed E-state index contributed by atoms with van der Waals surface area (Å²) < 4.78 is 11.0. The zero-order chi connectivity index (χ0) is 22.9. The molecule has 0 aromatic heterocycles. The monoisotopic (exact) mass is 456 g/mol. The van der Waals surface area contributed by atoms with Gasteiger partial charge in [0, 0.05) is 11.6 Å². The van der Waals surface area contributed by atoms with E-state index in [0.717, 1.165) is 17.7 Å². The molecule has 2 aromatic rings. The van der Waals surface area contributed by atoms with Gasteiger partial charge in [0.1, 0.15) is 10.8 Å². The van der Waals surface area contributed by atoms with Gasteiger partial charge < -0.3 is 9.47 Å². The largest absolute Gasteiger partial charge is 0.494 e. The van der Waals surface area contributed by atoms with Crippen molar-refractivity contribution in [3.05, 3.63) is 74.4 Å². The molecule has 0 unspecified atom stereocenters. The van der Waals surface area contributed by atoms with Crippen LogP contribution in [0.3, 0.4) is 0 Å². The van der Waals surface area contributed by atoms with Gasteiger partial charge in [-0.2, -0.15) is 0 Å². The Morgan fingerprint density at radius 1 is 1.09 bits per heavy atom. The molecule has 0 saturated heterocycles. The number of unbranched alkanes of at least 4 members (excludes halogenated alkanes) is 5. The highest BCUT2D eigenvalue weighted by Gasteiger charge is 2.26. The highest BCUT2D eigenvalue weighted by atomic mass is 35.5. The fraction of sp³-hybridized carbons (Fsp3) is 0.333. The highest BCUT2D eigenvalue weighted by molar-refractivity contribution is 6.32. The van der Waals surface area contributed by atoms with Crippen molar-refractivity contribution in [2.24, 2.45) is 4.99 Å². The number of rotatable bonds is 11. The Hall–Kier alpha value is -3.19. The van der Waals surface area contributed by atoms with Crippen LogP contribution in [0.15, 0.2) is 53.2 Å². The van der Waals surface area contributed by atoms with Crippen molar-refractivity contribution < 1.29 is 19.2 Å². The second-order valence-corrected chi connectivity index (χ2v) is 7.85. The number of cyclic esters (lactones) is 1. The van der Waals surface area contributed by atoms with Gasteiger partial charge in [0.2, 0.25) is 5.90 Å². The van der Waals surface area contributed by atoms with Crippen LogP contribution >= 0.6 is 11.6 Å². The van der Waals surface area contributed by atoms with Gasteiger partial charge in [-0.25, -0.2) is 9.79 Å². The Balaban J connectivity index is 1.60. The summed E-state index contributed by atoms with van der Waals surface area (Å²) in [5, 5.41) is 11.1. The van der Waals surface area contributed by atoms with Crippen molar-refractivity contribution >= 4 is 35.2 Å². The minimum atomic E-state index is -0.624. The summed E-state index contributed by atoms with van der Waals surface area (Å²) in [5.41, 5.74) is 0.891. The summed E-state index contributed by atoms with van der Waals surface area (Å²) in [5.74, 6) is 0.147. The third-order valence-electron chi connectivity index (χ3n) is 4.96. The zero-order valence-electron chi connectivity index (χ0n) is 17.9. The number of nitrogens with zero attached hydrogens (tertiary/aromatic N) is 2. The number of nitro groups is 1. The van der Waals surface area contributed by atoms with Crippen LogP contribution in [0.5, 0.6) is 5.75 Å². The van der Waals surface area contributed by atoms with Gasteiger partial charge >= 0.3 is 5.97 Å². The molecule has 3 rings (SSSR count). The molecule has 0 saturated carbocycles. The van der Waals surface area contributed by atoms with E-state index in [1.807, 2.05) is 24.3 Å². The minimum absolute atomic E-state index is 0.0000862. The first-order chi connectivity index (χ1) is 15.5. The van der Waals surface area contributed by atoms with Crippen molar-refractivity contribution in [3.63, 3.8) is 0 Å². The summed E-state index contributed by atoms with van der Waals surface area (Å²) >= 11 is 5.83. The molecule has 7 nitrogen and oxygen atoms in total. The van der Waals surface area contributed by atoms with Crippen LogP contribution in [0.2, 0.25) is 5.02 Å². The van der Waals surface area contributed by atoms with Crippen LogP contribution in [-0.4, -0.2) is 23.4 Å². The molecule has 1 aliphatic heterocycles. The van der Waals surface area contributed by atoms with Gasteiger partial charge in [-0.3, -0.25) is 10.1 Å². The number of benzene rings is 2. The molecular formula is C24H25ClN2O5. The first kappa shape index (κ1) is 23.5. The van der Waals surface area contributed by atoms with Gasteiger partial charge in [0.25, 0.3) is 5.69 Å². The third kappa shape index (κ3) is 6.40. The molecule has 32 heavy (non-hydrogen) atoms. The molecule has 0 bridgehead atoms. The Morgan fingerprint density at radius 3 is 2.53 bits per heavy atom. The Bertz CT molecular complexity index is 1030. The third-order valence-corrected chi connectivity index (χ3v) is 5.28. The maximum atomic E-state index is 12.2. The molecule has 0 aliphatic carbocycles. The fourth-order valence-electron chi connectivity index (χ4n) is 3.21. The smallest absolute Gasteiger partial charge is 0.363 e. The molecule has 0 amide bonds. The maximum absolute atomic E-state index is 12.2. The lowest BCUT2D eigenvalue weighted by Crippen LogP contribution is -2.06. The zero-order valence-corrected chi connectivity index (χ0v) is 18.6. The van der Waals surface area contributed by atoms with Crippen molar-refractivity contribution in [1.82, 2.24) is 0 Å². The van der Waals surface area contributed by atoms with E-state index in [2.05, 4.69) is 11.9 Å². The summed E-state index contributed by atoms with van der Waals surface area (Å²) in [7, 11) is 0. The lowest BCUT2D eigenvalue weighted by Gasteiger charge is -2.06. The molecule has 0 radical (unpaired) electrons. The van der Waals surface area contributed by atoms with Crippen LogP contribution in [0.4, 0.5) is 5.69 Å². The van der Waals surface area contributed by atoms with Crippen molar-refractivity contribution in [3.8, 4) is 5.75 Å². The van der Waals surface area contributed by atoms with Crippen molar-refractivity contribution in [2.75, 3.05) is 6.61 Å². The molecule has 8 heteroatoms. The van der Waals surface area contributed by atoms with E-state index >= 15 is 0 Å². The molecule has 0 atom stereocenters. The van der Waals surface area contributed by atoms with E-state index in [-0.39, 0.29) is 22.3 Å². The molecule has 1 heterocycles. The number of carbonyl (C=O) groups excluding carboxylic acids is 1. The van der Waals surface area contributed by atoms with E-state index in [0.29, 0.717) is 12.2 Å². The molecule has 1 aliphatic rings. The van der Waals surface area contributed by atoms with Crippen LogP contribution in [-0.2, 0) is 9.53 Å². The molecule has 168 valence electrons. The Labute approximate surface area is 191 Å². The number of carbonyl (C=O) groups is 1. The fourth-order valence-corrected chi connectivity index (χ4v) is 3.40. The predicted molar refractivity (Wildman–Crippen MR) is 124 cm³/mol. The molecule has 2 aromatic carbocycles. The van der Waals surface area contributed by atoms with Crippen LogP contribution in [0, 0.1) is 10.1 Å². The highest BCUT2D eigenvalue weighted by Crippen LogP contribution is 2.27. The van der Waals surface area contributed by atoms with Crippen molar-refractivity contribution in [1.29, 1.82) is 0 Å². The standard InChI is InChI=1S/C24H25ClN2O5/c1-2-3-4-5-6-7-14-31-19-11-8-17(9-12-19)15-21-24(28)32-23(26-21)18-10-13-20(25)22(16-18)27(29)30/h8-13,15-16H,2-7,14H2,1H3.